The second-order valence-corrected chi connectivity index (χ2v) is 6.73. The Hall–Kier alpha value is -1.85. The van der Waals surface area contributed by atoms with Gasteiger partial charge in [0.2, 0.25) is 0 Å². The van der Waals surface area contributed by atoms with E-state index in [1.54, 1.807) is 6.07 Å². The van der Waals surface area contributed by atoms with Crippen LogP contribution in [0.15, 0.2) is 46.9 Å². The molecule has 0 spiro atoms. The van der Waals surface area contributed by atoms with Crippen LogP contribution >= 0.6 is 27.3 Å². The SMILES string of the molecule is Cc1cc(Br)c(NC(=O)c2cc3ccccc3s2)cc1N. The maximum absolute atomic E-state index is 12.4. The molecule has 21 heavy (non-hydrogen) atoms. The molecule has 0 bridgehead atoms. The molecule has 0 unspecified atom stereocenters. The number of hydrogen-bond donors (Lipinski definition) is 2. The van der Waals surface area contributed by atoms with Crippen molar-refractivity contribution in [2.45, 2.75) is 6.92 Å². The fraction of sp³-hybridized carbons (Fsp3) is 0.0625. The molecular formula is C16H13BrN2OS. The number of thiophene rings is 1. The highest BCUT2D eigenvalue weighted by atomic mass is 79.9. The van der Waals surface area contributed by atoms with Crippen molar-refractivity contribution in [2.24, 2.45) is 0 Å². The molecule has 3 aromatic rings. The lowest BCUT2D eigenvalue weighted by molar-refractivity contribution is 0.103. The minimum absolute atomic E-state index is 0.125. The molecule has 1 amide bonds. The number of carbonyl (C=O) groups excluding carboxylic acids is 1. The van der Waals surface area contributed by atoms with Crippen LogP contribution in [0, 0.1) is 6.92 Å². The first-order chi connectivity index (χ1) is 10.0. The Morgan fingerprint density at radius 3 is 2.76 bits per heavy atom. The highest BCUT2D eigenvalue weighted by molar-refractivity contribution is 9.10. The maximum Gasteiger partial charge on any atom is 0.265 e. The van der Waals surface area contributed by atoms with E-state index >= 15 is 0 Å². The number of carbonyl (C=O) groups is 1. The molecule has 0 saturated carbocycles. The number of nitrogens with one attached hydrogen (secondary N) is 1. The molecule has 5 heteroatoms. The molecule has 1 heterocycles. The lowest BCUT2D eigenvalue weighted by atomic mass is 10.2. The van der Waals surface area contributed by atoms with Gasteiger partial charge in [0.05, 0.1) is 10.6 Å². The number of fused-ring (bicyclic) bond motifs is 1. The van der Waals surface area contributed by atoms with Gasteiger partial charge in [-0.3, -0.25) is 4.79 Å². The van der Waals surface area contributed by atoms with E-state index in [-0.39, 0.29) is 5.91 Å². The number of benzene rings is 2. The molecule has 3 N–H and O–H groups in total. The summed E-state index contributed by atoms with van der Waals surface area (Å²) in [7, 11) is 0. The van der Waals surface area contributed by atoms with E-state index in [1.807, 2.05) is 43.3 Å². The van der Waals surface area contributed by atoms with E-state index in [1.165, 1.54) is 11.3 Å². The number of aryl methyl sites for hydroxylation is 1. The number of anilines is 2. The summed E-state index contributed by atoms with van der Waals surface area (Å²) in [5.41, 5.74) is 8.21. The monoisotopic (exact) mass is 360 g/mol. The fourth-order valence-corrected chi connectivity index (χ4v) is 3.58. The van der Waals surface area contributed by atoms with Gasteiger partial charge in [-0.05, 0) is 58.1 Å². The molecule has 3 nitrogen and oxygen atoms in total. The zero-order chi connectivity index (χ0) is 15.0. The molecular weight excluding hydrogens is 348 g/mol. The molecule has 0 aliphatic carbocycles. The van der Waals surface area contributed by atoms with E-state index in [4.69, 9.17) is 5.73 Å². The smallest absolute Gasteiger partial charge is 0.265 e. The molecule has 0 saturated heterocycles. The third kappa shape index (κ3) is 2.80. The third-order valence-electron chi connectivity index (χ3n) is 3.25. The largest absolute Gasteiger partial charge is 0.398 e. The highest BCUT2D eigenvalue weighted by Crippen LogP contribution is 2.30. The Morgan fingerprint density at radius 1 is 1.24 bits per heavy atom. The van der Waals surface area contributed by atoms with Crippen molar-refractivity contribution >= 4 is 54.6 Å². The first-order valence-corrected chi connectivity index (χ1v) is 8.01. The molecule has 1 aromatic heterocycles. The summed E-state index contributed by atoms with van der Waals surface area (Å²) in [5, 5.41) is 3.98. The normalized spacial score (nSPS) is 10.8. The number of nitrogens with two attached hydrogens (primary N) is 1. The third-order valence-corrected chi connectivity index (χ3v) is 5.02. The predicted octanol–water partition coefficient (Wildman–Crippen LogP) is 4.81. The Kier molecular flexibility index (Phi) is 3.69. The van der Waals surface area contributed by atoms with Crippen LogP contribution in [0.4, 0.5) is 11.4 Å². The number of amides is 1. The van der Waals surface area contributed by atoms with Crippen molar-refractivity contribution in [3.05, 3.63) is 57.4 Å². The molecule has 0 atom stereocenters. The Bertz CT molecular complexity index is 808. The maximum atomic E-state index is 12.4. The summed E-state index contributed by atoms with van der Waals surface area (Å²) in [5.74, 6) is -0.125. The van der Waals surface area contributed by atoms with Gasteiger partial charge >= 0.3 is 0 Å². The topological polar surface area (TPSA) is 55.1 Å². The van der Waals surface area contributed by atoms with Gasteiger partial charge < -0.3 is 11.1 Å². The van der Waals surface area contributed by atoms with Gasteiger partial charge in [0, 0.05) is 14.9 Å². The van der Waals surface area contributed by atoms with Gasteiger partial charge in [-0.1, -0.05) is 18.2 Å². The lowest BCUT2D eigenvalue weighted by Crippen LogP contribution is -2.11. The molecule has 0 aliphatic rings. The second-order valence-electron chi connectivity index (χ2n) is 4.79. The van der Waals surface area contributed by atoms with Crippen LogP contribution in [0.2, 0.25) is 0 Å². The standard InChI is InChI=1S/C16H13BrN2OS/c1-9-6-11(17)13(8-12(9)18)19-16(20)15-7-10-4-2-3-5-14(10)21-15/h2-8H,18H2,1H3,(H,19,20). The minimum atomic E-state index is -0.125. The Labute approximate surface area is 134 Å². The summed E-state index contributed by atoms with van der Waals surface area (Å²) in [6.07, 6.45) is 0. The quantitative estimate of drug-likeness (QED) is 0.644. The van der Waals surface area contributed by atoms with E-state index in [2.05, 4.69) is 21.2 Å². The van der Waals surface area contributed by atoms with Gasteiger partial charge in [-0.15, -0.1) is 11.3 Å². The van der Waals surface area contributed by atoms with Gasteiger partial charge in [0.1, 0.15) is 0 Å². The summed E-state index contributed by atoms with van der Waals surface area (Å²) < 4.78 is 1.92. The van der Waals surface area contributed by atoms with Gasteiger partial charge in [0.25, 0.3) is 5.91 Å². The zero-order valence-electron chi connectivity index (χ0n) is 11.3. The lowest BCUT2D eigenvalue weighted by Gasteiger charge is -2.09. The highest BCUT2D eigenvalue weighted by Gasteiger charge is 2.12. The molecule has 0 aliphatic heterocycles. The average molecular weight is 361 g/mol. The molecule has 2 aromatic carbocycles. The van der Waals surface area contributed by atoms with Crippen molar-refractivity contribution in [1.29, 1.82) is 0 Å². The molecule has 0 fully saturated rings. The van der Waals surface area contributed by atoms with Gasteiger partial charge in [-0.25, -0.2) is 0 Å². The van der Waals surface area contributed by atoms with E-state index in [0.29, 0.717) is 16.3 Å². The van der Waals surface area contributed by atoms with Gasteiger partial charge in [-0.2, -0.15) is 0 Å². The Morgan fingerprint density at radius 2 is 2.00 bits per heavy atom. The number of hydrogen-bond acceptors (Lipinski definition) is 3. The first kappa shape index (κ1) is 14.1. The van der Waals surface area contributed by atoms with Crippen molar-refractivity contribution in [2.75, 3.05) is 11.1 Å². The number of rotatable bonds is 2. The van der Waals surface area contributed by atoms with Crippen molar-refractivity contribution in [1.82, 2.24) is 0 Å². The Balaban J connectivity index is 1.91. The van der Waals surface area contributed by atoms with Crippen LogP contribution < -0.4 is 11.1 Å². The number of halogens is 1. The fourth-order valence-electron chi connectivity index (χ4n) is 2.06. The summed E-state index contributed by atoms with van der Waals surface area (Å²) in [6, 6.07) is 13.5. The van der Waals surface area contributed by atoms with E-state index in [0.717, 1.165) is 20.1 Å². The van der Waals surface area contributed by atoms with Crippen molar-refractivity contribution in [3.63, 3.8) is 0 Å². The summed E-state index contributed by atoms with van der Waals surface area (Å²) in [4.78, 5) is 13.1. The molecule has 0 radical (unpaired) electrons. The summed E-state index contributed by atoms with van der Waals surface area (Å²) in [6.45, 7) is 1.93. The van der Waals surface area contributed by atoms with Crippen LogP contribution in [0.25, 0.3) is 10.1 Å². The van der Waals surface area contributed by atoms with Crippen molar-refractivity contribution in [3.8, 4) is 0 Å². The second kappa shape index (κ2) is 5.50. The minimum Gasteiger partial charge on any atom is -0.398 e. The van der Waals surface area contributed by atoms with Crippen molar-refractivity contribution < 1.29 is 4.79 Å². The van der Waals surface area contributed by atoms with Crippen LogP contribution in [-0.4, -0.2) is 5.91 Å². The van der Waals surface area contributed by atoms with Crippen LogP contribution in [-0.2, 0) is 0 Å². The van der Waals surface area contributed by atoms with E-state index < -0.39 is 0 Å². The average Bonchev–Trinajstić information content (AvgIpc) is 2.88. The zero-order valence-corrected chi connectivity index (χ0v) is 13.7. The molecule has 3 rings (SSSR count). The van der Waals surface area contributed by atoms with Crippen LogP contribution in [0.5, 0.6) is 0 Å². The van der Waals surface area contributed by atoms with E-state index in [9.17, 15) is 4.79 Å². The number of nitrogen functional groups attached to an aromatic ring is 1. The summed E-state index contributed by atoms with van der Waals surface area (Å²) >= 11 is 4.93. The molecule has 106 valence electrons. The van der Waals surface area contributed by atoms with Crippen LogP contribution in [0.3, 0.4) is 0 Å². The van der Waals surface area contributed by atoms with Crippen LogP contribution in [0.1, 0.15) is 15.2 Å². The predicted molar refractivity (Wildman–Crippen MR) is 93.1 cm³/mol. The first-order valence-electron chi connectivity index (χ1n) is 6.40. The van der Waals surface area contributed by atoms with Gasteiger partial charge in [0.15, 0.2) is 0 Å².